The summed E-state index contributed by atoms with van der Waals surface area (Å²) in [5.41, 5.74) is 3.29. The number of thioether (sulfide) groups is 1. The van der Waals surface area contributed by atoms with Crippen molar-refractivity contribution in [2.45, 2.75) is 68.7 Å². The fourth-order valence-electron chi connectivity index (χ4n) is 5.37. The van der Waals surface area contributed by atoms with E-state index < -0.39 is 11.6 Å². The van der Waals surface area contributed by atoms with E-state index in [9.17, 15) is 0 Å². The largest absolute Gasteiger partial charge is 0.323 e. The van der Waals surface area contributed by atoms with Crippen molar-refractivity contribution in [1.29, 1.82) is 0 Å². The molecule has 0 atom stereocenters. The van der Waals surface area contributed by atoms with Crippen LogP contribution in [0.1, 0.15) is 68.2 Å². The summed E-state index contributed by atoms with van der Waals surface area (Å²) in [6.45, 7) is 1.92. The fraction of sp³-hybridized carbons (Fsp3) is 0.429. The minimum atomic E-state index is -0.666. The van der Waals surface area contributed by atoms with Crippen LogP contribution in [-0.2, 0) is 0 Å². The molecule has 204 valence electrons. The highest BCUT2D eigenvalue weighted by Crippen LogP contribution is 2.48. The molecule has 11 heteroatoms. The van der Waals surface area contributed by atoms with Crippen LogP contribution in [0.15, 0.2) is 35.5 Å². The van der Waals surface area contributed by atoms with Crippen LogP contribution in [0, 0.1) is 18.6 Å². The van der Waals surface area contributed by atoms with Gasteiger partial charge in [-0.15, -0.1) is 11.8 Å². The maximum absolute atomic E-state index is 15.1. The van der Waals surface area contributed by atoms with Gasteiger partial charge in [0.1, 0.15) is 11.5 Å². The van der Waals surface area contributed by atoms with Gasteiger partial charge >= 0.3 is 0 Å². The number of anilines is 4. The molecule has 2 N–H and O–H groups in total. The summed E-state index contributed by atoms with van der Waals surface area (Å²) in [5, 5.41) is 15.3. The lowest BCUT2D eigenvalue weighted by atomic mass is 9.96. The van der Waals surface area contributed by atoms with Crippen molar-refractivity contribution in [3.63, 3.8) is 0 Å². The molecule has 6 rings (SSSR count). The average molecular weight is 551 g/mol. The van der Waals surface area contributed by atoms with E-state index in [1.807, 2.05) is 19.2 Å². The Balaban J connectivity index is 1.48. The van der Waals surface area contributed by atoms with E-state index in [2.05, 4.69) is 26.4 Å². The standard InChI is InChI=1S/C28H32F2N8S/c1-16-11-23(36-35-16)32-27-24(17-9-10-17)25(18-14-31-38(15-18)19-7-5-4-6-8-19)33-28(34-27)37(2)26-21(29)12-20(39-3)13-22(26)30/h11-15,17,19H,4-10H2,1-3H3,(H2,32,33,34,35,36). The molecule has 2 aliphatic rings. The van der Waals surface area contributed by atoms with Gasteiger partial charge in [0.05, 0.1) is 17.9 Å². The molecule has 0 radical (unpaired) electrons. The first-order valence-corrected chi connectivity index (χ1v) is 14.7. The molecule has 3 aromatic heterocycles. The van der Waals surface area contributed by atoms with Crippen molar-refractivity contribution >= 4 is 35.0 Å². The molecule has 0 unspecified atom stereocenters. The van der Waals surface area contributed by atoms with Gasteiger partial charge in [0.25, 0.3) is 0 Å². The normalized spacial score (nSPS) is 16.0. The highest BCUT2D eigenvalue weighted by Gasteiger charge is 2.33. The Hall–Kier alpha value is -3.47. The van der Waals surface area contributed by atoms with Crippen molar-refractivity contribution in [3.8, 4) is 11.3 Å². The van der Waals surface area contributed by atoms with E-state index in [0.29, 0.717) is 22.6 Å². The SMILES string of the molecule is CSc1cc(F)c(N(C)c2nc(Nc3cc(C)[nH]n3)c(C3CC3)c(-c3cnn(C4CCCCC4)c3)n2)c(F)c1. The molecule has 4 aromatic rings. The van der Waals surface area contributed by atoms with Gasteiger partial charge in [-0.2, -0.15) is 15.2 Å². The Labute approximate surface area is 230 Å². The van der Waals surface area contributed by atoms with Gasteiger partial charge in [0.15, 0.2) is 17.5 Å². The summed E-state index contributed by atoms with van der Waals surface area (Å²) in [6, 6.07) is 4.94. The maximum Gasteiger partial charge on any atom is 0.232 e. The van der Waals surface area contributed by atoms with Gasteiger partial charge in [0.2, 0.25) is 5.95 Å². The van der Waals surface area contributed by atoms with Gasteiger partial charge in [-0.1, -0.05) is 19.3 Å². The lowest BCUT2D eigenvalue weighted by Crippen LogP contribution is -2.18. The predicted molar refractivity (Wildman–Crippen MR) is 150 cm³/mol. The second kappa shape index (κ2) is 10.6. The third-order valence-electron chi connectivity index (χ3n) is 7.56. The van der Waals surface area contributed by atoms with Gasteiger partial charge in [-0.05, 0) is 56.9 Å². The molecular weight excluding hydrogens is 518 g/mol. The number of nitrogens with one attached hydrogen (secondary N) is 2. The number of aromatic amines is 1. The number of halogens is 2. The minimum absolute atomic E-state index is 0.185. The number of benzene rings is 1. The van der Waals surface area contributed by atoms with Crippen LogP contribution in [0.3, 0.4) is 0 Å². The van der Waals surface area contributed by atoms with E-state index in [4.69, 9.17) is 15.1 Å². The summed E-state index contributed by atoms with van der Waals surface area (Å²) < 4.78 is 32.3. The first-order valence-electron chi connectivity index (χ1n) is 13.4. The molecule has 39 heavy (non-hydrogen) atoms. The molecule has 0 amide bonds. The minimum Gasteiger partial charge on any atom is -0.323 e. The first kappa shape index (κ1) is 25.8. The Kier molecular flexibility index (Phi) is 7.01. The fourth-order valence-corrected chi connectivity index (χ4v) is 5.81. The number of rotatable bonds is 8. The van der Waals surface area contributed by atoms with Crippen LogP contribution in [-0.4, -0.2) is 43.2 Å². The van der Waals surface area contributed by atoms with Crippen molar-refractivity contribution in [3.05, 3.63) is 53.5 Å². The number of aryl methyl sites for hydroxylation is 1. The summed E-state index contributed by atoms with van der Waals surface area (Å²) in [6.07, 6.45) is 13.7. The van der Waals surface area contributed by atoms with E-state index in [0.717, 1.165) is 48.2 Å². The summed E-state index contributed by atoms with van der Waals surface area (Å²) in [4.78, 5) is 11.6. The topological polar surface area (TPSA) is 87.5 Å². The average Bonchev–Trinajstić information content (AvgIpc) is 3.50. The van der Waals surface area contributed by atoms with Gasteiger partial charge in [-0.25, -0.2) is 13.8 Å². The maximum atomic E-state index is 15.1. The summed E-state index contributed by atoms with van der Waals surface area (Å²) in [5.74, 6) is 0.343. The zero-order valence-electron chi connectivity index (χ0n) is 22.3. The third kappa shape index (κ3) is 5.24. The van der Waals surface area contributed by atoms with Crippen LogP contribution in [0.5, 0.6) is 0 Å². The van der Waals surface area contributed by atoms with Crippen LogP contribution < -0.4 is 10.2 Å². The van der Waals surface area contributed by atoms with E-state index in [1.54, 1.807) is 13.3 Å². The van der Waals surface area contributed by atoms with Gasteiger partial charge in [0, 0.05) is 41.0 Å². The molecule has 0 bridgehead atoms. The number of hydrogen-bond donors (Lipinski definition) is 2. The quantitative estimate of drug-likeness (QED) is 0.223. The Morgan fingerprint density at radius 1 is 1.05 bits per heavy atom. The Morgan fingerprint density at radius 2 is 1.79 bits per heavy atom. The van der Waals surface area contributed by atoms with Crippen LogP contribution in [0.2, 0.25) is 0 Å². The van der Waals surface area contributed by atoms with Crippen LogP contribution >= 0.6 is 11.8 Å². The second-order valence-electron chi connectivity index (χ2n) is 10.5. The molecular formula is C28H32F2N8S. The molecule has 1 aromatic carbocycles. The molecule has 3 heterocycles. The van der Waals surface area contributed by atoms with Crippen molar-refractivity contribution in [2.75, 3.05) is 23.5 Å². The lowest BCUT2D eigenvalue weighted by Gasteiger charge is -2.23. The van der Waals surface area contributed by atoms with E-state index in [-0.39, 0.29) is 17.6 Å². The van der Waals surface area contributed by atoms with Gasteiger partial charge < -0.3 is 10.2 Å². The zero-order chi connectivity index (χ0) is 27.1. The number of H-pyrrole nitrogens is 1. The van der Waals surface area contributed by atoms with Crippen molar-refractivity contribution in [1.82, 2.24) is 29.9 Å². The van der Waals surface area contributed by atoms with Gasteiger partial charge in [-0.3, -0.25) is 9.78 Å². The molecule has 2 aliphatic carbocycles. The number of nitrogens with zero attached hydrogens (tertiary/aromatic N) is 6. The van der Waals surface area contributed by atoms with E-state index >= 15 is 8.78 Å². The van der Waals surface area contributed by atoms with Crippen LogP contribution in [0.4, 0.5) is 32.1 Å². The summed E-state index contributed by atoms with van der Waals surface area (Å²) >= 11 is 1.29. The number of hydrogen-bond acceptors (Lipinski definition) is 7. The molecule has 8 nitrogen and oxygen atoms in total. The third-order valence-corrected chi connectivity index (χ3v) is 8.26. The highest BCUT2D eigenvalue weighted by atomic mass is 32.2. The van der Waals surface area contributed by atoms with E-state index in [1.165, 1.54) is 48.1 Å². The molecule has 2 saturated carbocycles. The van der Waals surface area contributed by atoms with Crippen LogP contribution in [0.25, 0.3) is 11.3 Å². The molecule has 0 saturated heterocycles. The second-order valence-corrected chi connectivity index (χ2v) is 11.3. The molecule has 0 spiro atoms. The van der Waals surface area contributed by atoms with Crippen molar-refractivity contribution in [2.24, 2.45) is 0 Å². The Bertz CT molecular complexity index is 1470. The predicted octanol–water partition coefficient (Wildman–Crippen LogP) is 7.27. The summed E-state index contributed by atoms with van der Waals surface area (Å²) in [7, 11) is 1.59. The first-order chi connectivity index (χ1) is 18.9. The smallest absolute Gasteiger partial charge is 0.232 e. The number of aromatic nitrogens is 6. The zero-order valence-corrected chi connectivity index (χ0v) is 23.2. The molecule has 2 fully saturated rings. The molecule has 0 aliphatic heterocycles. The van der Waals surface area contributed by atoms with Crippen molar-refractivity contribution < 1.29 is 8.78 Å². The highest BCUT2D eigenvalue weighted by molar-refractivity contribution is 7.98. The Morgan fingerprint density at radius 3 is 2.44 bits per heavy atom. The lowest BCUT2D eigenvalue weighted by molar-refractivity contribution is 0.329. The monoisotopic (exact) mass is 550 g/mol.